The molecule has 2 aliphatic rings. The third-order valence-corrected chi connectivity index (χ3v) is 5.21. The zero-order chi connectivity index (χ0) is 18.7. The number of anilines is 1. The number of carboxylic acids is 1. The average Bonchev–Trinajstić information content (AvgIpc) is 2.97. The van der Waals surface area contributed by atoms with E-state index in [1.54, 1.807) is 29.2 Å². The third kappa shape index (κ3) is 4.16. The van der Waals surface area contributed by atoms with Crippen LogP contribution in [0.1, 0.15) is 25.7 Å². The first-order valence-corrected chi connectivity index (χ1v) is 8.94. The topological polar surface area (TPSA) is 95.9 Å². The van der Waals surface area contributed by atoms with E-state index >= 15 is 0 Å². The van der Waals surface area contributed by atoms with E-state index in [4.69, 9.17) is 16.3 Å². The maximum Gasteiger partial charge on any atom is 0.305 e. The summed E-state index contributed by atoms with van der Waals surface area (Å²) >= 11 is 5.87. The van der Waals surface area contributed by atoms with Crippen LogP contribution in [0, 0.1) is 5.92 Å². The summed E-state index contributed by atoms with van der Waals surface area (Å²) in [5.74, 6) is -1.88. The van der Waals surface area contributed by atoms with Crippen molar-refractivity contribution in [3.8, 4) is 0 Å². The van der Waals surface area contributed by atoms with Crippen LogP contribution in [0.15, 0.2) is 24.3 Å². The first-order valence-electron chi connectivity index (χ1n) is 8.56. The summed E-state index contributed by atoms with van der Waals surface area (Å²) < 4.78 is 5.30. The predicted octanol–water partition coefficient (Wildman–Crippen LogP) is 1.83. The van der Waals surface area contributed by atoms with Gasteiger partial charge < -0.3 is 20.1 Å². The largest absolute Gasteiger partial charge is 0.481 e. The summed E-state index contributed by atoms with van der Waals surface area (Å²) in [5.41, 5.74) is -0.112. The van der Waals surface area contributed by atoms with Gasteiger partial charge in [0.05, 0.1) is 17.9 Å². The number of carbonyl (C=O) groups is 3. The van der Waals surface area contributed by atoms with Gasteiger partial charge in [0.15, 0.2) is 0 Å². The summed E-state index contributed by atoms with van der Waals surface area (Å²) in [6.45, 7) is 1.09. The van der Waals surface area contributed by atoms with Crippen molar-refractivity contribution in [2.24, 2.45) is 5.92 Å². The fourth-order valence-corrected chi connectivity index (χ4v) is 3.64. The molecule has 2 heterocycles. The lowest BCUT2D eigenvalue weighted by Crippen LogP contribution is -2.54. The van der Waals surface area contributed by atoms with Crippen molar-refractivity contribution in [1.82, 2.24) is 5.32 Å². The fourth-order valence-electron chi connectivity index (χ4n) is 3.51. The maximum atomic E-state index is 12.7. The first-order chi connectivity index (χ1) is 12.4. The normalized spacial score (nSPS) is 22.3. The van der Waals surface area contributed by atoms with Crippen LogP contribution in [0.5, 0.6) is 0 Å². The monoisotopic (exact) mass is 380 g/mol. The molecule has 2 saturated heterocycles. The molecule has 0 bridgehead atoms. The number of halogens is 1. The number of hydrogen-bond donors (Lipinski definition) is 2. The molecule has 0 aromatic heterocycles. The SMILES string of the molecule is O=C(O)CC1(NC(=O)C2CC(=O)N(c3ccc(Cl)cc3)C2)CCOCC1. The lowest BCUT2D eigenvalue weighted by molar-refractivity contribution is -0.141. The van der Waals surface area contributed by atoms with Crippen LogP contribution in [-0.2, 0) is 19.1 Å². The molecular formula is C18H21ClN2O5. The number of ether oxygens (including phenoxy) is 1. The van der Waals surface area contributed by atoms with E-state index in [1.807, 2.05) is 0 Å². The van der Waals surface area contributed by atoms with Crippen LogP contribution in [0.3, 0.4) is 0 Å². The van der Waals surface area contributed by atoms with Gasteiger partial charge in [0, 0.05) is 36.9 Å². The molecule has 1 unspecified atom stereocenters. The number of amides is 2. The molecule has 3 rings (SSSR count). The van der Waals surface area contributed by atoms with E-state index in [0.29, 0.717) is 36.8 Å². The Bertz CT molecular complexity index is 700. The Kier molecular flexibility index (Phi) is 5.48. The highest BCUT2D eigenvalue weighted by Gasteiger charge is 2.41. The molecule has 0 aliphatic carbocycles. The van der Waals surface area contributed by atoms with Crippen molar-refractivity contribution in [3.05, 3.63) is 29.3 Å². The predicted molar refractivity (Wildman–Crippen MR) is 95.1 cm³/mol. The number of nitrogens with zero attached hydrogens (tertiary/aromatic N) is 1. The van der Waals surface area contributed by atoms with Gasteiger partial charge in [-0.1, -0.05) is 11.6 Å². The van der Waals surface area contributed by atoms with E-state index in [2.05, 4.69) is 5.32 Å². The Morgan fingerprint density at radius 1 is 1.27 bits per heavy atom. The number of nitrogens with one attached hydrogen (secondary N) is 1. The molecule has 140 valence electrons. The Hall–Kier alpha value is -2.12. The Balaban J connectivity index is 1.68. The number of hydrogen-bond acceptors (Lipinski definition) is 4. The second kappa shape index (κ2) is 7.63. The van der Waals surface area contributed by atoms with Gasteiger partial charge in [0.2, 0.25) is 11.8 Å². The van der Waals surface area contributed by atoms with Gasteiger partial charge in [-0.3, -0.25) is 14.4 Å². The Labute approximate surface area is 156 Å². The fraction of sp³-hybridized carbons (Fsp3) is 0.500. The zero-order valence-corrected chi connectivity index (χ0v) is 15.0. The molecule has 0 saturated carbocycles. The Morgan fingerprint density at radius 3 is 2.54 bits per heavy atom. The zero-order valence-electron chi connectivity index (χ0n) is 14.2. The molecular weight excluding hydrogens is 360 g/mol. The second-order valence-electron chi connectivity index (χ2n) is 6.83. The highest BCUT2D eigenvalue weighted by atomic mass is 35.5. The van der Waals surface area contributed by atoms with Gasteiger partial charge in [-0.25, -0.2) is 0 Å². The van der Waals surface area contributed by atoms with Crippen molar-refractivity contribution in [2.45, 2.75) is 31.2 Å². The minimum atomic E-state index is -0.961. The number of carboxylic acid groups (broad SMARTS) is 1. The van der Waals surface area contributed by atoms with Gasteiger partial charge in [-0.2, -0.15) is 0 Å². The molecule has 26 heavy (non-hydrogen) atoms. The van der Waals surface area contributed by atoms with Gasteiger partial charge in [-0.05, 0) is 37.1 Å². The van der Waals surface area contributed by atoms with Crippen molar-refractivity contribution in [1.29, 1.82) is 0 Å². The molecule has 0 radical (unpaired) electrons. The van der Waals surface area contributed by atoms with Gasteiger partial charge >= 0.3 is 5.97 Å². The minimum Gasteiger partial charge on any atom is -0.481 e. The third-order valence-electron chi connectivity index (χ3n) is 4.96. The van der Waals surface area contributed by atoms with Crippen LogP contribution in [0.4, 0.5) is 5.69 Å². The quantitative estimate of drug-likeness (QED) is 0.812. The molecule has 8 heteroatoms. The van der Waals surface area contributed by atoms with Crippen molar-refractivity contribution in [2.75, 3.05) is 24.7 Å². The number of rotatable bonds is 5. The molecule has 1 aromatic carbocycles. The maximum absolute atomic E-state index is 12.7. The van der Waals surface area contributed by atoms with Crippen LogP contribution >= 0.6 is 11.6 Å². The highest BCUT2D eigenvalue weighted by Crippen LogP contribution is 2.29. The van der Waals surface area contributed by atoms with Crippen LogP contribution in [0.2, 0.25) is 5.02 Å². The molecule has 2 amide bonds. The summed E-state index contributed by atoms with van der Waals surface area (Å²) in [6.07, 6.45) is 0.858. The molecule has 2 N–H and O–H groups in total. The second-order valence-corrected chi connectivity index (χ2v) is 7.27. The molecule has 7 nitrogen and oxygen atoms in total. The van der Waals surface area contributed by atoms with E-state index in [9.17, 15) is 19.5 Å². The summed E-state index contributed by atoms with van der Waals surface area (Å²) in [6, 6.07) is 6.87. The molecule has 2 fully saturated rings. The summed E-state index contributed by atoms with van der Waals surface area (Å²) in [7, 11) is 0. The van der Waals surface area contributed by atoms with Crippen LogP contribution < -0.4 is 10.2 Å². The summed E-state index contributed by atoms with van der Waals surface area (Å²) in [4.78, 5) is 37.8. The number of benzene rings is 1. The van der Waals surface area contributed by atoms with Crippen molar-refractivity contribution < 1.29 is 24.2 Å². The summed E-state index contributed by atoms with van der Waals surface area (Å²) in [5, 5.41) is 12.7. The highest BCUT2D eigenvalue weighted by molar-refractivity contribution is 6.30. The number of carbonyl (C=O) groups excluding carboxylic acids is 2. The van der Waals surface area contributed by atoms with Crippen LogP contribution in [0.25, 0.3) is 0 Å². The van der Waals surface area contributed by atoms with E-state index in [-0.39, 0.29) is 31.2 Å². The average molecular weight is 381 g/mol. The van der Waals surface area contributed by atoms with Crippen LogP contribution in [-0.4, -0.2) is 48.2 Å². The Morgan fingerprint density at radius 2 is 1.92 bits per heavy atom. The molecule has 2 aliphatic heterocycles. The van der Waals surface area contributed by atoms with E-state index in [1.165, 1.54) is 0 Å². The van der Waals surface area contributed by atoms with Gasteiger partial charge in [0.1, 0.15) is 0 Å². The van der Waals surface area contributed by atoms with E-state index < -0.39 is 17.4 Å². The standard InChI is InChI=1S/C18H21ClN2O5/c19-13-1-3-14(4-2-13)21-11-12(9-15(21)22)17(25)20-18(10-16(23)24)5-7-26-8-6-18/h1-4,12H,5-11H2,(H,20,25)(H,23,24). The first kappa shape index (κ1) is 18.7. The molecule has 1 aromatic rings. The lowest BCUT2D eigenvalue weighted by atomic mass is 9.85. The van der Waals surface area contributed by atoms with E-state index in [0.717, 1.165) is 0 Å². The van der Waals surface area contributed by atoms with Crippen molar-refractivity contribution >= 4 is 35.1 Å². The molecule has 0 spiro atoms. The lowest BCUT2D eigenvalue weighted by Gasteiger charge is -2.37. The minimum absolute atomic E-state index is 0.105. The van der Waals surface area contributed by atoms with Gasteiger partial charge in [0.25, 0.3) is 0 Å². The number of aliphatic carboxylic acids is 1. The smallest absolute Gasteiger partial charge is 0.305 e. The van der Waals surface area contributed by atoms with Gasteiger partial charge in [-0.15, -0.1) is 0 Å². The van der Waals surface area contributed by atoms with Crippen molar-refractivity contribution in [3.63, 3.8) is 0 Å². The molecule has 1 atom stereocenters.